The number of nitrogens with one attached hydrogen (secondary N) is 2. The number of aliphatic hydroxyl groups excluding tert-OH is 2. The van der Waals surface area contributed by atoms with Crippen molar-refractivity contribution in [3.8, 4) is 45.4 Å². The maximum Gasteiger partial charge on any atom is 0.254 e. The Bertz CT molecular complexity index is 2350. The highest BCUT2D eigenvalue weighted by Gasteiger charge is 2.24. The lowest BCUT2D eigenvalue weighted by molar-refractivity contribution is 0.0608. The fraction of sp³-hybridized carbons (Fsp3) is 0.273. The van der Waals surface area contributed by atoms with E-state index in [0.717, 1.165) is 93.7 Å². The monoisotopic (exact) mass is 764 g/mol. The number of aromatic amines is 2. The van der Waals surface area contributed by atoms with E-state index in [1.165, 1.54) is 0 Å². The molecule has 9 rings (SSSR count). The van der Waals surface area contributed by atoms with Crippen molar-refractivity contribution in [2.45, 2.75) is 0 Å². The van der Waals surface area contributed by atoms with Crippen molar-refractivity contribution in [3.63, 3.8) is 0 Å². The number of aromatic nitrogens is 4. The number of nitrogens with zero attached hydrogens (tertiary/aromatic N) is 6. The lowest BCUT2D eigenvalue weighted by Crippen LogP contribution is -2.49. The van der Waals surface area contributed by atoms with Crippen LogP contribution in [0, 0.1) is 0 Å². The van der Waals surface area contributed by atoms with Crippen LogP contribution >= 0.6 is 0 Å². The van der Waals surface area contributed by atoms with Gasteiger partial charge in [-0.25, -0.2) is 9.97 Å². The van der Waals surface area contributed by atoms with Crippen molar-refractivity contribution >= 4 is 33.9 Å². The predicted molar refractivity (Wildman–Crippen MR) is 219 cm³/mol. The molecule has 13 heteroatoms. The fourth-order valence-corrected chi connectivity index (χ4v) is 7.79. The van der Waals surface area contributed by atoms with Gasteiger partial charge in [-0.3, -0.25) is 19.4 Å². The highest BCUT2D eigenvalue weighted by molar-refractivity contribution is 5.98. The summed E-state index contributed by atoms with van der Waals surface area (Å²) in [5.41, 5.74) is 8.19. The highest BCUT2D eigenvalue weighted by atomic mass is 16.3. The summed E-state index contributed by atoms with van der Waals surface area (Å²) < 4.78 is 6.30. The lowest BCUT2D eigenvalue weighted by atomic mass is 10.1. The Balaban J connectivity index is 0.843. The fourth-order valence-electron chi connectivity index (χ4n) is 7.79. The van der Waals surface area contributed by atoms with E-state index < -0.39 is 0 Å². The van der Waals surface area contributed by atoms with E-state index in [0.29, 0.717) is 50.4 Å². The van der Waals surface area contributed by atoms with Crippen LogP contribution in [0.1, 0.15) is 20.7 Å². The average molecular weight is 765 g/mol. The Kier molecular flexibility index (Phi) is 10.1. The average Bonchev–Trinajstić information content (AvgIpc) is 4.03. The first kappa shape index (κ1) is 36.5. The zero-order valence-electron chi connectivity index (χ0n) is 31.5. The van der Waals surface area contributed by atoms with Crippen LogP contribution in [-0.4, -0.2) is 140 Å². The van der Waals surface area contributed by atoms with Crippen LogP contribution in [0.25, 0.3) is 67.5 Å². The van der Waals surface area contributed by atoms with Crippen molar-refractivity contribution in [1.82, 2.24) is 39.5 Å². The summed E-state index contributed by atoms with van der Waals surface area (Å²) >= 11 is 0. The van der Waals surface area contributed by atoms with Crippen LogP contribution in [0.4, 0.5) is 0 Å². The largest absolute Gasteiger partial charge is 0.456 e. The van der Waals surface area contributed by atoms with Gasteiger partial charge in [0, 0.05) is 98.8 Å². The molecule has 4 N–H and O–H groups in total. The number of piperazine rings is 2. The second-order valence-electron chi connectivity index (χ2n) is 14.7. The molecule has 2 aliphatic rings. The number of β-amino-alcohol motifs (C(OH)–C–C–N with tert-alkyl or cyclic N) is 2. The molecule has 4 aromatic carbocycles. The SMILES string of the molecule is O=C(c1ccc2nc(-c3ccc(-c4ccc(-c5ccc(-c6nc7ccc(C(=O)N8CCN(CCO)CC8)cc7[nH]6)cc5)o4)cc3)[nH]c2c1)N1CCN(CCO)CC1. The molecule has 0 spiro atoms. The number of amides is 2. The minimum Gasteiger partial charge on any atom is -0.456 e. The molecule has 0 radical (unpaired) electrons. The Morgan fingerprint density at radius 2 is 0.912 bits per heavy atom. The Hall–Kier alpha value is -6.12. The molecule has 2 fully saturated rings. The van der Waals surface area contributed by atoms with E-state index >= 15 is 0 Å². The zero-order chi connectivity index (χ0) is 38.9. The quantitative estimate of drug-likeness (QED) is 0.147. The number of benzene rings is 4. The Morgan fingerprint density at radius 3 is 1.30 bits per heavy atom. The van der Waals surface area contributed by atoms with Gasteiger partial charge < -0.3 is 34.4 Å². The van der Waals surface area contributed by atoms with E-state index in [9.17, 15) is 19.8 Å². The second-order valence-corrected chi connectivity index (χ2v) is 14.7. The maximum atomic E-state index is 13.2. The van der Waals surface area contributed by atoms with Gasteiger partial charge in [-0.1, -0.05) is 48.5 Å². The Labute approximate surface area is 329 Å². The minimum absolute atomic E-state index is 0.00647. The topological polar surface area (TPSA) is 158 Å². The van der Waals surface area contributed by atoms with Crippen molar-refractivity contribution in [1.29, 1.82) is 0 Å². The summed E-state index contributed by atoms with van der Waals surface area (Å²) in [4.78, 5) is 50.9. The summed E-state index contributed by atoms with van der Waals surface area (Å²) in [6, 6.07) is 31.2. The summed E-state index contributed by atoms with van der Waals surface area (Å²) in [6.07, 6.45) is 0. The van der Waals surface area contributed by atoms with Gasteiger partial charge in [-0.15, -0.1) is 0 Å². The standard InChI is InChI=1S/C44H44N8O5/c53-25-23-49-15-19-51(20-16-49)43(55)33-9-11-35-37(27-33)47-41(45-35)31-5-1-29(2-6-31)39-13-14-40(57-39)30-3-7-32(8-4-30)42-46-36-12-10-34(28-38(36)48-42)44(56)52-21-17-50(18-22-52)24-26-54/h1-14,27-28,53-54H,15-26H2,(H,45,47)(H,46,48). The van der Waals surface area contributed by atoms with Crippen LogP contribution in [0.3, 0.4) is 0 Å². The van der Waals surface area contributed by atoms with Crippen LogP contribution in [-0.2, 0) is 0 Å². The number of aliphatic hydroxyl groups is 2. The lowest BCUT2D eigenvalue weighted by Gasteiger charge is -2.34. The van der Waals surface area contributed by atoms with Gasteiger partial charge in [-0.05, 0) is 48.5 Å². The van der Waals surface area contributed by atoms with Gasteiger partial charge in [0.2, 0.25) is 0 Å². The first-order chi connectivity index (χ1) is 27.9. The normalized spacial score (nSPS) is 15.5. The number of hydrogen-bond acceptors (Lipinski definition) is 9. The molecule has 13 nitrogen and oxygen atoms in total. The van der Waals surface area contributed by atoms with Crippen LogP contribution in [0.5, 0.6) is 0 Å². The zero-order valence-corrected chi connectivity index (χ0v) is 31.5. The molecule has 0 aliphatic carbocycles. The predicted octanol–water partition coefficient (Wildman–Crippen LogP) is 5.20. The molecule has 3 aromatic heterocycles. The number of furan rings is 1. The van der Waals surface area contributed by atoms with Gasteiger partial charge in [0.15, 0.2) is 0 Å². The molecule has 0 atom stereocenters. The first-order valence-electron chi connectivity index (χ1n) is 19.5. The molecule has 0 saturated carbocycles. The van der Waals surface area contributed by atoms with Crippen molar-refractivity contribution in [3.05, 3.63) is 108 Å². The summed E-state index contributed by atoms with van der Waals surface area (Å²) in [5, 5.41) is 18.4. The van der Waals surface area contributed by atoms with Gasteiger partial charge in [0.1, 0.15) is 23.2 Å². The highest BCUT2D eigenvalue weighted by Crippen LogP contribution is 2.32. The number of fused-ring (bicyclic) bond motifs is 2. The van der Waals surface area contributed by atoms with Crippen molar-refractivity contribution in [2.24, 2.45) is 0 Å². The number of carbonyl (C=O) groups excluding carboxylic acids is 2. The molecule has 2 amide bonds. The molecule has 290 valence electrons. The number of hydrogen-bond donors (Lipinski definition) is 4. The molecule has 0 unspecified atom stereocenters. The number of H-pyrrole nitrogens is 2. The summed E-state index contributed by atoms with van der Waals surface area (Å²) in [6.45, 7) is 7.15. The van der Waals surface area contributed by atoms with E-state index in [4.69, 9.17) is 14.4 Å². The van der Waals surface area contributed by atoms with E-state index in [-0.39, 0.29) is 25.0 Å². The third-order valence-corrected chi connectivity index (χ3v) is 11.1. The molecular weight excluding hydrogens is 721 g/mol. The van der Waals surface area contributed by atoms with Crippen molar-refractivity contribution in [2.75, 3.05) is 78.7 Å². The maximum absolute atomic E-state index is 13.2. The van der Waals surface area contributed by atoms with E-state index in [1.54, 1.807) is 0 Å². The third-order valence-electron chi connectivity index (χ3n) is 11.1. The molecule has 57 heavy (non-hydrogen) atoms. The first-order valence-corrected chi connectivity index (χ1v) is 19.5. The van der Waals surface area contributed by atoms with Crippen LogP contribution in [0.2, 0.25) is 0 Å². The number of imidazole rings is 2. The number of carbonyl (C=O) groups is 2. The molecular formula is C44H44N8O5. The van der Waals surface area contributed by atoms with Gasteiger partial charge >= 0.3 is 0 Å². The molecule has 2 aliphatic heterocycles. The third kappa shape index (κ3) is 7.57. The van der Waals surface area contributed by atoms with Crippen LogP contribution in [0.15, 0.2) is 101 Å². The number of rotatable bonds is 10. The second kappa shape index (κ2) is 15.8. The molecule has 5 heterocycles. The Morgan fingerprint density at radius 1 is 0.526 bits per heavy atom. The van der Waals surface area contributed by atoms with Crippen molar-refractivity contribution < 1.29 is 24.2 Å². The van der Waals surface area contributed by atoms with E-state index in [1.807, 2.05) is 107 Å². The van der Waals surface area contributed by atoms with Crippen LogP contribution < -0.4 is 0 Å². The van der Waals surface area contributed by atoms with E-state index in [2.05, 4.69) is 19.8 Å². The van der Waals surface area contributed by atoms with Gasteiger partial charge in [0.25, 0.3) is 11.8 Å². The minimum atomic E-state index is 0.00647. The molecule has 0 bridgehead atoms. The molecule has 2 saturated heterocycles. The summed E-state index contributed by atoms with van der Waals surface area (Å²) in [5.74, 6) is 2.96. The summed E-state index contributed by atoms with van der Waals surface area (Å²) in [7, 11) is 0. The van der Waals surface area contributed by atoms with Gasteiger partial charge in [0.05, 0.1) is 35.3 Å². The molecule has 7 aromatic rings. The van der Waals surface area contributed by atoms with Gasteiger partial charge in [-0.2, -0.15) is 0 Å². The smallest absolute Gasteiger partial charge is 0.254 e.